The molecule has 2 heterocycles. The monoisotopic (exact) mass is 270 g/mol. The van der Waals surface area contributed by atoms with Crippen molar-refractivity contribution in [2.24, 2.45) is 0 Å². The Morgan fingerprint density at radius 2 is 1.85 bits per heavy atom. The first kappa shape index (κ1) is 12.9. The number of aromatic nitrogens is 1. The molecule has 1 aliphatic heterocycles. The molecule has 1 aromatic carbocycles. The van der Waals surface area contributed by atoms with Crippen molar-refractivity contribution in [1.82, 2.24) is 9.47 Å². The predicted molar refractivity (Wildman–Crippen MR) is 76.4 cm³/mol. The first-order valence-electron chi connectivity index (χ1n) is 6.84. The van der Waals surface area contributed by atoms with Crippen LogP contribution in [0.4, 0.5) is 0 Å². The van der Waals surface area contributed by atoms with Gasteiger partial charge in [0, 0.05) is 32.0 Å². The van der Waals surface area contributed by atoms with Gasteiger partial charge in [-0.15, -0.1) is 0 Å². The fraction of sp³-hybridized carbons (Fsp3) is 0.312. The summed E-state index contributed by atoms with van der Waals surface area (Å²) >= 11 is 0. The third-order valence-electron chi connectivity index (χ3n) is 4.07. The fourth-order valence-corrected chi connectivity index (χ4v) is 2.96. The third kappa shape index (κ3) is 2.23. The lowest BCUT2D eigenvalue weighted by Crippen LogP contribution is -2.43. The highest BCUT2D eigenvalue weighted by atomic mass is 16.4. The average Bonchev–Trinajstić information content (AvgIpc) is 3.09. The Morgan fingerprint density at radius 1 is 1.15 bits per heavy atom. The lowest BCUT2D eigenvalue weighted by Gasteiger charge is -2.27. The Kier molecular flexibility index (Phi) is 3.32. The summed E-state index contributed by atoms with van der Waals surface area (Å²) in [5.74, 6) is -0.746. The molecule has 1 atom stereocenters. The molecule has 4 nitrogen and oxygen atoms in total. The summed E-state index contributed by atoms with van der Waals surface area (Å²) in [5.41, 5.74) is 0.402. The zero-order chi connectivity index (χ0) is 14.0. The van der Waals surface area contributed by atoms with Crippen molar-refractivity contribution in [3.05, 3.63) is 60.4 Å². The minimum absolute atomic E-state index is 0.548. The average molecular weight is 270 g/mol. The van der Waals surface area contributed by atoms with Gasteiger partial charge in [-0.1, -0.05) is 30.3 Å². The highest BCUT2D eigenvalue weighted by Gasteiger charge is 2.45. The fourth-order valence-electron chi connectivity index (χ4n) is 2.96. The van der Waals surface area contributed by atoms with Crippen molar-refractivity contribution >= 4 is 5.97 Å². The van der Waals surface area contributed by atoms with Gasteiger partial charge in [0.25, 0.3) is 0 Å². The number of likely N-dealkylation sites (tertiary alicyclic amines) is 1. The van der Waals surface area contributed by atoms with E-state index in [0.717, 1.165) is 13.1 Å². The standard InChI is InChI=1S/C16H18N2O2/c19-15(20)16(18-9-4-5-10-18)8-11-17(13-16)12-14-6-2-1-3-7-14/h1-7,9-10H,8,11-13H2,(H,19,20). The van der Waals surface area contributed by atoms with Gasteiger partial charge in [0.05, 0.1) is 0 Å². The van der Waals surface area contributed by atoms with Crippen LogP contribution >= 0.6 is 0 Å². The number of rotatable bonds is 4. The van der Waals surface area contributed by atoms with E-state index < -0.39 is 11.5 Å². The summed E-state index contributed by atoms with van der Waals surface area (Å²) in [4.78, 5) is 14.0. The van der Waals surface area contributed by atoms with E-state index in [1.807, 2.05) is 47.3 Å². The molecule has 20 heavy (non-hydrogen) atoms. The summed E-state index contributed by atoms with van der Waals surface area (Å²) in [5, 5.41) is 9.67. The number of carboxylic acid groups (broad SMARTS) is 1. The first-order valence-corrected chi connectivity index (χ1v) is 6.84. The largest absolute Gasteiger partial charge is 0.479 e. The molecule has 1 fully saturated rings. The van der Waals surface area contributed by atoms with Crippen LogP contribution in [0, 0.1) is 0 Å². The van der Waals surface area contributed by atoms with E-state index in [2.05, 4.69) is 17.0 Å². The molecule has 0 saturated carbocycles. The molecule has 2 aromatic rings. The number of aliphatic carboxylic acids is 1. The Morgan fingerprint density at radius 3 is 2.50 bits per heavy atom. The van der Waals surface area contributed by atoms with Crippen molar-refractivity contribution in [2.45, 2.75) is 18.5 Å². The quantitative estimate of drug-likeness (QED) is 0.926. The van der Waals surface area contributed by atoms with Crippen molar-refractivity contribution in [3.63, 3.8) is 0 Å². The van der Waals surface area contributed by atoms with Crippen LogP contribution in [0.1, 0.15) is 12.0 Å². The van der Waals surface area contributed by atoms with Crippen LogP contribution in [0.15, 0.2) is 54.9 Å². The number of carboxylic acids is 1. The topological polar surface area (TPSA) is 45.5 Å². The minimum Gasteiger partial charge on any atom is -0.479 e. The molecule has 104 valence electrons. The number of hydrogen-bond donors (Lipinski definition) is 1. The van der Waals surface area contributed by atoms with E-state index in [4.69, 9.17) is 0 Å². The van der Waals surface area contributed by atoms with Crippen LogP contribution in [-0.2, 0) is 16.9 Å². The molecule has 0 bridgehead atoms. The number of hydrogen-bond acceptors (Lipinski definition) is 2. The summed E-state index contributed by atoms with van der Waals surface area (Å²) in [6, 6.07) is 13.9. The highest BCUT2D eigenvalue weighted by molar-refractivity contribution is 5.77. The highest BCUT2D eigenvalue weighted by Crippen LogP contribution is 2.30. The molecule has 0 radical (unpaired) electrons. The lowest BCUT2D eigenvalue weighted by atomic mass is 9.99. The van der Waals surface area contributed by atoms with E-state index in [9.17, 15) is 9.90 Å². The second kappa shape index (κ2) is 5.13. The Hall–Kier alpha value is -2.07. The van der Waals surface area contributed by atoms with Gasteiger partial charge in [0.1, 0.15) is 0 Å². The van der Waals surface area contributed by atoms with E-state index in [-0.39, 0.29) is 0 Å². The molecule has 1 saturated heterocycles. The molecule has 0 amide bonds. The summed E-state index contributed by atoms with van der Waals surface area (Å²) in [6.07, 6.45) is 4.34. The van der Waals surface area contributed by atoms with Crippen LogP contribution in [-0.4, -0.2) is 33.6 Å². The van der Waals surface area contributed by atoms with Crippen LogP contribution in [0.3, 0.4) is 0 Å². The minimum atomic E-state index is -0.821. The zero-order valence-electron chi connectivity index (χ0n) is 11.3. The van der Waals surface area contributed by atoms with Gasteiger partial charge in [0.2, 0.25) is 0 Å². The van der Waals surface area contributed by atoms with Crippen molar-refractivity contribution < 1.29 is 9.90 Å². The van der Waals surface area contributed by atoms with E-state index in [1.165, 1.54) is 5.56 Å². The maximum atomic E-state index is 11.8. The molecule has 0 spiro atoms. The van der Waals surface area contributed by atoms with Gasteiger partial charge in [0.15, 0.2) is 5.54 Å². The molecule has 4 heteroatoms. The summed E-state index contributed by atoms with van der Waals surface area (Å²) in [7, 11) is 0. The zero-order valence-corrected chi connectivity index (χ0v) is 11.3. The molecule has 1 unspecified atom stereocenters. The van der Waals surface area contributed by atoms with E-state index in [0.29, 0.717) is 13.0 Å². The van der Waals surface area contributed by atoms with Crippen molar-refractivity contribution in [2.75, 3.05) is 13.1 Å². The molecule has 0 aliphatic carbocycles. The number of benzene rings is 1. The second-order valence-corrected chi connectivity index (χ2v) is 5.37. The number of carbonyl (C=O) groups is 1. The van der Waals surface area contributed by atoms with Gasteiger partial charge < -0.3 is 9.67 Å². The molecule has 1 aromatic heterocycles. The van der Waals surface area contributed by atoms with E-state index in [1.54, 1.807) is 0 Å². The smallest absolute Gasteiger partial charge is 0.331 e. The summed E-state index contributed by atoms with van der Waals surface area (Å²) in [6.45, 7) is 2.16. The number of nitrogens with zero attached hydrogens (tertiary/aromatic N) is 2. The van der Waals surface area contributed by atoms with Gasteiger partial charge >= 0.3 is 5.97 Å². The van der Waals surface area contributed by atoms with Crippen molar-refractivity contribution in [1.29, 1.82) is 0 Å². The molecule has 3 rings (SSSR count). The van der Waals surface area contributed by atoms with Gasteiger partial charge in [-0.3, -0.25) is 4.90 Å². The Bertz CT molecular complexity index is 580. The van der Waals surface area contributed by atoms with Crippen LogP contribution in [0.2, 0.25) is 0 Å². The molecule has 1 N–H and O–H groups in total. The lowest BCUT2D eigenvalue weighted by molar-refractivity contribution is -0.147. The summed E-state index contributed by atoms with van der Waals surface area (Å²) < 4.78 is 1.83. The normalized spacial score (nSPS) is 23.0. The van der Waals surface area contributed by atoms with Gasteiger partial charge in [-0.2, -0.15) is 0 Å². The second-order valence-electron chi connectivity index (χ2n) is 5.37. The van der Waals surface area contributed by atoms with Crippen molar-refractivity contribution in [3.8, 4) is 0 Å². The first-order chi connectivity index (χ1) is 9.71. The molecular weight excluding hydrogens is 252 g/mol. The van der Waals surface area contributed by atoms with Crippen LogP contribution in [0.25, 0.3) is 0 Å². The van der Waals surface area contributed by atoms with Gasteiger partial charge in [-0.25, -0.2) is 4.79 Å². The maximum absolute atomic E-state index is 11.8. The third-order valence-corrected chi connectivity index (χ3v) is 4.07. The predicted octanol–water partition coefficient (Wildman–Crippen LogP) is 2.17. The maximum Gasteiger partial charge on any atom is 0.331 e. The molecule has 1 aliphatic rings. The Labute approximate surface area is 118 Å². The van der Waals surface area contributed by atoms with Crippen LogP contribution < -0.4 is 0 Å². The van der Waals surface area contributed by atoms with E-state index >= 15 is 0 Å². The molecular formula is C16H18N2O2. The Balaban J connectivity index is 1.79. The van der Waals surface area contributed by atoms with Crippen LogP contribution in [0.5, 0.6) is 0 Å². The SMILES string of the molecule is O=C(O)C1(n2cccc2)CCN(Cc2ccccc2)C1. The van der Waals surface area contributed by atoms with Gasteiger partial charge in [-0.05, 0) is 24.1 Å².